The molecule has 5 heteroatoms. The van der Waals surface area contributed by atoms with Crippen molar-refractivity contribution in [1.82, 2.24) is 9.88 Å². The minimum Gasteiger partial charge on any atom is -0.439 e. The predicted octanol–water partition coefficient (Wildman–Crippen LogP) is 2.59. The number of thioether (sulfide) groups is 1. The van der Waals surface area contributed by atoms with E-state index in [1.165, 1.54) is 0 Å². The summed E-state index contributed by atoms with van der Waals surface area (Å²) in [6, 6.07) is 6.05. The fourth-order valence-corrected chi connectivity index (χ4v) is 2.53. The lowest BCUT2D eigenvalue weighted by Crippen LogP contribution is -2.30. The minimum atomic E-state index is 0.500. The van der Waals surface area contributed by atoms with Gasteiger partial charge in [-0.2, -0.15) is 11.8 Å². The first kappa shape index (κ1) is 13.2. The highest BCUT2D eigenvalue weighted by Gasteiger charge is 2.13. The lowest BCUT2D eigenvalue weighted by atomic mass is 10.3. The number of nitrogen functional groups attached to an aromatic ring is 1. The molecule has 98 valence electrons. The van der Waals surface area contributed by atoms with Crippen LogP contribution in [0, 0.1) is 0 Å². The molecule has 1 heterocycles. The van der Waals surface area contributed by atoms with Gasteiger partial charge in [-0.3, -0.25) is 4.90 Å². The molecule has 0 aliphatic rings. The molecule has 1 unspecified atom stereocenters. The predicted molar refractivity (Wildman–Crippen MR) is 77.7 cm³/mol. The van der Waals surface area contributed by atoms with Gasteiger partial charge in [0.25, 0.3) is 0 Å². The Labute approximate surface area is 112 Å². The van der Waals surface area contributed by atoms with Gasteiger partial charge in [-0.05, 0) is 32.4 Å². The summed E-state index contributed by atoms with van der Waals surface area (Å²) in [4.78, 5) is 6.71. The van der Waals surface area contributed by atoms with Crippen molar-refractivity contribution in [2.45, 2.75) is 19.5 Å². The lowest BCUT2D eigenvalue weighted by molar-refractivity contribution is 0.245. The molecule has 0 saturated heterocycles. The van der Waals surface area contributed by atoms with Gasteiger partial charge in [-0.15, -0.1) is 0 Å². The van der Waals surface area contributed by atoms with Gasteiger partial charge in [0.05, 0.1) is 6.54 Å². The molecule has 0 aliphatic heterocycles. The summed E-state index contributed by atoms with van der Waals surface area (Å²) in [5.41, 5.74) is 8.05. The van der Waals surface area contributed by atoms with Gasteiger partial charge >= 0.3 is 0 Å². The van der Waals surface area contributed by atoms with Gasteiger partial charge in [0.2, 0.25) is 5.89 Å². The molecule has 2 aromatic rings. The molecule has 0 bridgehead atoms. The minimum absolute atomic E-state index is 0.500. The maximum atomic E-state index is 5.72. The zero-order valence-corrected chi connectivity index (χ0v) is 11.8. The normalized spacial score (nSPS) is 13.3. The van der Waals surface area contributed by atoms with E-state index in [0.717, 1.165) is 29.3 Å². The third-order valence-corrected chi connectivity index (χ3v) is 3.82. The zero-order chi connectivity index (χ0) is 13.1. The van der Waals surface area contributed by atoms with Gasteiger partial charge in [0.15, 0.2) is 5.58 Å². The Morgan fingerprint density at radius 3 is 3.00 bits per heavy atom. The van der Waals surface area contributed by atoms with Crippen molar-refractivity contribution in [3.8, 4) is 0 Å². The topological polar surface area (TPSA) is 55.3 Å². The third-order valence-electron chi connectivity index (χ3n) is 3.00. The van der Waals surface area contributed by atoms with Crippen molar-refractivity contribution < 1.29 is 4.42 Å². The maximum absolute atomic E-state index is 5.72. The quantitative estimate of drug-likeness (QED) is 0.842. The monoisotopic (exact) mass is 265 g/mol. The van der Waals surface area contributed by atoms with Gasteiger partial charge in [0, 0.05) is 23.5 Å². The van der Waals surface area contributed by atoms with Crippen LogP contribution in [0.15, 0.2) is 22.6 Å². The van der Waals surface area contributed by atoms with Crippen molar-refractivity contribution in [3.05, 3.63) is 24.1 Å². The van der Waals surface area contributed by atoms with Crippen LogP contribution in [-0.4, -0.2) is 35.0 Å². The molecular formula is C13H19N3OS. The molecule has 1 atom stereocenters. The molecule has 2 N–H and O–H groups in total. The molecule has 0 radical (unpaired) electrons. The molecule has 1 aromatic heterocycles. The van der Waals surface area contributed by atoms with Crippen LogP contribution in [0.1, 0.15) is 12.8 Å². The third kappa shape index (κ3) is 2.97. The molecular weight excluding hydrogens is 246 g/mol. The SMILES string of the molecule is CSCC(C)N(C)Cc1nc2ccc(N)cc2o1. The number of nitrogens with zero attached hydrogens (tertiary/aromatic N) is 2. The fraction of sp³-hybridized carbons (Fsp3) is 0.462. The van der Waals surface area contributed by atoms with Crippen molar-refractivity contribution >= 4 is 28.5 Å². The number of nitrogens with two attached hydrogens (primary N) is 1. The van der Waals surface area contributed by atoms with Crippen LogP contribution in [-0.2, 0) is 6.54 Å². The second kappa shape index (κ2) is 5.63. The number of benzene rings is 1. The van der Waals surface area contributed by atoms with Crippen molar-refractivity contribution in [3.63, 3.8) is 0 Å². The molecule has 0 fully saturated rings. The van der Waals surface area contributed by atoms with E-state index in [2.05, 4.69) is 30.1 Å². The molecule has 4 nitrogen and oxygen atoms in total. The number of anilines is 1. The molecule has 0 aliphatic carbocycles. The maximum Gasteiger partial charge on any atom is 0.209 e. The lowest BCUT2D eigenvalue weighted by Gasteiger charge is -2.22. The van der Waals surface area contributed by atoms with Crippen LogP contribution >= 0.6 is 11.8 Å². The Kier molecular flexibility index (Phi) is 4.14. The Morgan fingerprint density at radius 1 is 1.50 bits per heavy atom. The van der Waals surface area contributed by atoms with Gasteiger partial charge in [-0.1, -0.05) is 0 Å². The highest BCUT2D eigenvalue weighted by Crippen LogP contribution is 2.19. The van der Waals surface area contributed by atoms with Crippen molar-refractivity contribution in [1.29, 1.82) is 0 Å². The second-order valence-corrected chi connectivity index (χ2v) is 5.46. The summed E-state index contributed by atoms with van der Waals surface area (Å²) >= 11 is 1.85. The summed E-state index contributed by atoms with van der Waals surface area (Å²) in [5, 5.41) is 0. The first-order valence-corrected chi connectivity index (χ1v) is 7.33. The van der Waals surface area contributed by atoms with E-state index in [1.807, 2.05) is 30.0 Å². The number of hydrogen-bond acceptors (Lipinski definition) is 5. The first-order valence-electron chi connectivity index (χ1n) is 5.94. The molecule has 0 spiro atoms. The fourth-order valence-electron chi connectivity index (χ4n) is 1.79. The van der Waals surface area contributed by atoms with E-state index in [1.54, 1.807) is 0 Å². The summed E-state index contributed by atoms with van der Waals surface area (Å²) in [6.45, 7) is 2.92. The van der Waals surface area contributed by atoms with Crippen LogP contribution < -0.4 is 5.73 Å². The number of rotatable bonds is 5. The first-order chi connectivity index (χ1) is 8.60. The zero-order valence-electron chi connectivity index (χ0n) is 11.0. The Morgan fingerprint density at radius 2 is 2.28 bits per heavy atom. The molecule has 1 aromatic carbocycles. The van der Waals surface area contributed by atoms with Crippen molar-refractivity contribution in [2.75, 3.05) is 24.8 Å². The van der Waals surface area contributed by atoms with E-state index < -0.39 is 0 Å². The van der Waals surface area contributed by atoms with E-state index in [4.69, 9.17) is 10.2 Å². The number of oxazole rings is 1. The summed E-state index contributed by atoms with van der Waals surface area (Å²) in [5.74, 6) is 1.84. The van der Waals surface area contributed by atoms with Crippen molar-refractivity contribution in [2.24, 2.45) is 0 Å². The van der Waals surface area contributed by atoms with E-state index in [9.17, 15) is 0 Å². The smallest absolute Gasteiger partial charge is 0.209 e. The molecule has 18 heavy (non-hydrogen) atoms. The van der Waals surface area contributed by atoms with Crippen LogP contribution in [0.4, 0.5) is 5.69 Å². The van der Waals surface area contributed by atoms with Crippen LogP contribution in [0.25, 0.3) is 11.1 Å². The van der Waals surface area contributed by atoms with E-state index in [-0.39, 0.29) is 0 Å². The average molecular weight is 265 g/mol. The van der Waals surface area contributed by atoms with Crippen LogP contribution in [0.3, 0.4) is 0 Å². The van der Waals surface area contributed by atoms with E-state index in [0.29, 0.717) is 11.7 Å². The summed E-state index contributed by atoms with van der Waals surface area (Å²) < 4.78 is 5.71. The summed E-state index contributed by atoms with van der Waals surface area (Å²) in [6.07, 6.45) is 2.12. The standard InChI is InChI=1S/C13H19N3OS/c1-9(8-18-3)16(2)7-13-15-11-5-4-10(14)6-12(11)17-13/h4-6,9H,7-8,14H2,1-3H3. The largest absolute Gasteiger partial charge is 0.439 e. The Bertz CT molecular complexity index is 526. The highest BCUT2D eigenvalue weighted by molar-refractivity contribution is 7.98. The van der Waals surface area contributed by atoms with Gasteiger partial charge in [-0.25, -0.2) is 4.98 Å². The molecule has 0 amide bonds. The molecule has 0 saturated carbocycles. The van der Waals surface area contributed by atoms with Crippen LogP contribution in [0.2, 0.25) is 0 Å². The summed E-state index contributed by atoms with van der Waals surface area (Å²) in [7, 11) is 2.09. The van der Waals surface area contributed by atoms with Gasteiger partial charge in [0.1, 0.15) is 5.52 Å². The number of fused-ring (bicyclic) bond motifs is 1. The average Bonchev–Trinajstić information content (AvgIpc) is 2.70. The van der Waals surface area contributed by atoms with Crippen LogP contribution in [0.5, 0.6) is 0 Å². The van der Waals surface area contributed by atoms with E-state index >= 15 is 0 Å². The Hall–Kier alpha value is -1.20. The Balaban J connectivity index is 2.12. The highest BCUT2D eigenvalue weighted by atomic mass is 32.2. The van der Waals surface area contributed by atoms with Gasteiger partial charge < -0.3 is 10.2 Å². The molecule has 2 rings (SSSR count). The number of hydrogen-bond donors (Lipinski definition) is 1. The number of aromatic nitrogens is 1. The second-order valence-electron chi connectivity index (χ2n) is 4.55.